The summed E-state index contributed by atoms with van der Waals surface area (Å²) in [6.45, 7) is 5.39. The van der Waals surface area contributed by atoms with Crippen molar-refractivity contribution in [3.05, 3.63) is 41.6 Å². The number of anilines is 1. The van der Waals surface area contributed by atoms with E-state index in [1.807, 2.05) is 6.08 Å². The maximum Gasteiger partial charge on any atom is 0.355 e. The van der Waals surface area contributed by atoms with E-state index in [0.717, 1.165) is 25.8 Å². The van der Waals surface area contributed by atoms with Crippen LogP contribution in [0.4, 0.5) is 5.69 Å². The molecule has 2 bridgehead atoms. The van der Waals surface area contributed by atoms with Crippen LogP contribution in [-0.4, -0.2) is 48.3 Å². The molecule has 6 heteroatoms. The Morgan fingerprint density at radius 1 is 1.21 bits per heavy atom. The molecule has 0 saturated carbocycles. The zero-order valence-electron chi connectivity index (χ0n) is 16.4. The van der Waals surface area contributed by atoms with E-state index in [1.54, 1.807) is 31.2 Å². The van der Waals surface area contributed by atoms with Crippen molar-refractivity contribution in [2.45, 2.75) is 45.6 Å². The number of benzene rings is 1. The van der Waals surface area contributed by atoms with Crippen LogP contribution in [0.3, 0.4) is 0 Å². The maximum absolute atomic E-state index is 13.8. The number of ketones is 1. The molecule has 28 heavy (non-hydrogen) atoms. The smallest absolute Gasteiger partial charge is 0.355 e. The maximum atomic E-state index is 13.8. The van der Waals surface area contributed by atoms with Crippen molar-refractivity contribution in [3.8, 4) is 0 Å². The Bertz CT molecular complexity index is 862. The molecule has 148 valence electrons. The van der Waals surface area contributed by atoms with E-state index in [-0.39, 0.29) is 30.0 Å². The van der Waals surface area contributed by atoms with Gasteiger partial charge in [0.1, 0.15) is 5.70 Å². The predicted octanol–water partition coefficient (Wildman–Crippen LogP) is 2.93. The van der Waals surface area contributed by atoms with Gasteiger partial charge in [0.2, 0.25) is 5.91 Å². The van der Waals surface area contributed by atoms with Gasteiger partial charge in [-0.05, 0) is 50.9 Å². The van der Waals surface area contributed by atoms with Gasteiger partial charge in [-0.15, -0.1) is 0 Å². The minimum absolute atomic E-state index is 0.00756. The first-order chi connectivity index (χ1) is 13.5. The van der Waals surface area contributed by atoms with Gasteiger partial charge in [0, 0.05) is 23.9 Å². The second-order valence-corrected chi connectivity index (χ2v) is 7.74. The first-order valence-corrected chi connectivity index (χ1v) is 10.1. The minimum atomic E-state index is -0.513. The van der Waals surface area contributed by atoms with Crippen LogP contribution in [0.5, 0.6) is 0 Å². The van der Waals surface area contributed by atoms with Gasteiger partial charge in [0.15, 0.2) is 5.78 Å². The largest absolute Gasteiger partial charge is 0.461 e. The normalized spacial score (nSPS) is 27.3. The van der Waals surface area contributed by atoms with E-state index >= 15 is 0 Å². The Hall–Kier alpha value is -2.47. The minimum Gasteiger partial charge on any atom is -0.461 e. The molecule has 4 rings (SSSR count). The molecule has 0 aliphatic carbocycles. The fourth-order valence-corrected chi connectivity index (χ4v) is 4.97. The quantitative estimate of drug-likeness (QED) is 0.752. The molecule has 3 aliphatic heterocycles. The van der Waals surface area contributed by atoms with Gasteiger partial charge in [-0.1, -0.05) is 19.1 Å². The summed E-state index contributed by atoms with van der Waals surface area (Å²) < 4.78 is 5.29. The number of amides is 1. The van der Waals surface area contributed by atoms with Crippen LogP contribution < -0.4 is 4.90 Å². The van der Waals surface area contributed by atoms with Crippen molar-refractivity contribution in [3.63, 3.8) is 0 Å². The summed E-state index contributed by atoms with van der Waals surface area (Å²) in [5.41, 5.74) is 0.800. The number of esters is 1. The van der Waals surface area contributed by atoms with E-state index in [9.17, 15) is 14.4 Å². The Kier molecular flexibility index (Phi) is 4.83. The molecule has 0 radical (unpaired) electrons. The Morgan fingerprint density at radius 3 is 2.75 bits per heavy atom. The number of para-hydroxylation sites is 1. The number of carbonyl (C=O) groups is 3. The first kappa shape index (κ1) is 18.9. The van der Waals surface area contributed by atoms with Crippen LogP contribution in [0.1, 0.15) is 49.9 Å². The highest BCUT2D eigenvalue weighted by atomic mass is 16.5. The summed E-state index contributed by atoms with van der Waals surface area (Å²) in [5.74, 6) is -0.651. The molecule has 1 amide bonds. The number of hydrogen-bond acceptors (Lipinski definition) is 5. The van der Waals surface area contributed by atoms with Gasteiger partial charge in [-0.25, -0.2) is 4.79 Å². The summed E-state index contributed by atoms with van der Waals surface area (Å²) >= 11 is 0. The predicted molar refractivity (Wildman–Crippen MR) is 105 cm³/mol. The summed E-state index contributed by atoms with van der Waals surface area (Å²) in [7, 11) is 0. The van der Waals surface area contributed by atoms with Crippen molar-refractivity contribution in [1.82, 2.24) is 4.90 Å². The monoisotopic (exact) mass is 382 g/mol. The Labute approximate surface area is 165 Å². The average Bonchev–Trinajstić information content (AvgIpc) is 2.74. The number of piperidine rings is 1. The highest BCUT2D eigenvalue weighted by Crippen LogP contribution is 2.47. The molecule has 3 heterocycles. The molecule has 6 nitrogen and oxygen atoms in total. The lowest BCUT2D eigenvalue weighted by Crippen LogP contribution is -2.62. The molecule has 1 fully saturated rings. The van der Waals surface area contributed by atoms with Crippen LogP contribution >= 0.6 is 0 Å². The van der Waals surface area contributed by atoms with Crippen molar-refractivity contribution in [1.29, 1.82) is 0 Å². The third kappa shape index (κ3) is 2.78. The van der Waals surface area contributed by atoms with Crippen molar-refractivity contribution >= 4 is 23.3 Å². The van der Waals surface area contributed by atoms with E-state index in [4.69, 9.17) is 4.74 Å². The number of carbonyl (C=O) groups excluding carboxylic acids is 3. The lowest BCUT2D eigenvalue weighted by molar-refractivity contribution is -0.141. The second kappa shape index (κ2) is 7.17. The van der Waals surface area contributed by atoms with Gasteiger partial charge in [-0.2, -0.15) is 0 Å². The molecular formula is C22H26N2O4. The van der Waals surface area contributed by atoms with E-state index in [0.29, 0.717) is 24.2 Å². The van der Waals surface area contributed by atoms with Crippen molar-refractivity contribution in [2.24, 2.45) is 5.41 Å². The van der Waals surface area contributed by atoms with Gasteiger partial charge in [0.05, 0.1) is 18.3 Å². The Balaban J connectivity index is 1.98. The lowest BCUT2D eigenvalue weighted by Gasteiger charge is -2.51. The number of nitrogens with zero attached hydrogens (tertiary/aromatic N) is 2. The fraction of sp³-hybridized carbons (Fsp3) is 0.500. The van der Waals surface area contributed by atoms with Crippen LogP contribution in [-0.2, 0) is 14.3 Å². The molecule has 2 atom stereocenters. The summed E-state index contributed by atoms with van der Waals surface area (Å²) in [6.07, 6.45) is 4.86. The summed E-state index contributed by atoms with van der Waals surface area (Å²) in [4.78, 5) is 43.2. The fourth-order valence-electron chi connectivity index (χ4n) is 4.97. The second-order valence-electron chi connectivity index (χ2n) is 7.74. The standard InChI is InChI=1S/C22H26N2O4/c1-3-22-11-7-12-23-13-10-18(25)15-8-5-6-9-16(15)24(20(26)19(22)23)17(14-22)21(27)28-4-2/h5-6,8-9,14,19H,3-4,7,10-13H2,1-2H3/t19-,22+/m1/s1. The topological polar surface area (TPSA) is 66.9 Å². The number of hydrogen-bond donors (Lipinski definition) is 0. The SMILES string of the molecule is CCOC(=O)C1=C[C@]2(CC)CCCN3CCC(=O)c4ccccc4N1C(=O)[C@@H]32. The molecule has 0 unspecified atom stereocenters. The highest BCUT2D eigenvalue weighted by molar-refractivity contribution is 6.14. The van der Waals surface area contributed by atoms with Crippen LogP contribution in [0.2, 0.25) is 0 Å². The zero-order chi connectivity index (χ0) is 19.9. The number of ether oxygens (including phenoxy) is 1. The first-order valence-electron chi connectivity index (χ1n) is 10.1. The van der Waals surface area contributed by atoms with E-state index < -0.39 is 11.4 Å². The van der Waals surface area contributed by atoms with Gasteiger partial charge in [-0.3, -0.25) is 19.4 Å². The molecule has 0 N–H and O–H groups in total. The molecule has 3 aliphatic rings. The third-order valence-corrected chi connectivity index (χ3v) is 6.33. The van der Waals surface area contributed by atoms with Gasteiger partial charge >= 0.3 is 5.97 Å². The summed E-state index contributed by atoms with van der Waals surface area (Å²) in [6, 6.07) is 6.71. The zero-order valence-corrected chi connectivity index (χ0v) is 16.4. The molecule has 0 spiro atoms. The number of fused-ring (bicyclic) bond motifs is 3. The van der Waals surface area contributed by atoms with Gasteiger partial charge < -0.3 is 4.74 Å². The molecule has 0 aromatic heterocycles. The molecule has 1 saturated heterocycles. The van der Waals surface area contributed by atoms with Crippen LogP contribution in [0.15, 0.2) is 36.0 Å². The van der Waals surface area contributed by atoms with Gasteiger partial charge in [0.25, 0.3) is 0 Å². The molecule has 1 aromatic rings. The van der Waals surface area contributed by atoms with E-state index in [2.05, 4.69) is 11.8 Å². The average molecular weight is 382 g/mol. The number of Topliss-reactive ketones (excluding diaryl/α,β-unsaturated/α-hetero) is 1. The van der Waals surface area contributed by atoms with E-state index in [1.165, 1.54) is 4.90 Å². The van der Waals surface area contributed by atoms with Crippen molar-refractivity contribution in [2.75, 3.05) is 24.6 Å². The van der Waals surface area contributed by atoms with Crippen molar-refractivity contribution < 1.29 is 19.1 Å². The summed E-state index contributed by atoms with van der Waals surface area (Å²) in [5, 5.41) is 0. The number of rotatable bonds is 3. The highest BCUT2D eigenvalue weighted by Gasteiger charge is 2.53. The third-order valence-electron chi connectivity index (χ3n) is 6.33. The molecular weight excluding hydrogens is 356 g/mol. The lowest BCUT2D eigenvalue weighted by atomic mass is 9.68. The molecule has 1 aromatic carbocycles. The van der Waals surface area contributed by atoms with Crippen LogP contribution in [0.25, 0.3) is 0 Å². The van der Waals surface area contributed by atoms with Crippen LogP contribution in [0, 0.1) is 5.41 Å². The Morgan fingerprint density at radius 2 is 2.00 bits per heavy atom.